The molecule has 0 bridgehead atoms. The summed E-state index contributed by atoms with van der Waals surface area (Å²) in [5, 5.41) is 217. The van der Waals surface area contributed by atoms with E-state index >= 15 is 0 Å². The third-order valence-electron chi connectivity index (χ3n) is 21.2. The van der Waals surface area contributed by atoms with Crippen LogP contribution in [0.5, 0.6) is 0 Å². The molecule has 0 spiro atoms. The van der Waals surface area contributed by atoms with Crippen LogP contribution >= 0.6 is 7.82 Å². The van der Waals surface area contributed by atoms with Gasteiger partial charge in [-0.15, -0.1) is 0 Å². The zero-order valence-corrected chi connectivity index (χ0v) is 66.7. The van der Waals surface area contributed by atoms with Crippen LogP contribution in [0.2, 0.25) is 0 Å². The van der Waals surface area contributed by atoms with E-state index in [4.69, 9.17) is 65.9 Å². The van der Waals surface area contributed by atoms with Gasteiger partial charge in [0.15, 0.2) is 37.6 Å². The fraction of sp³-hybridized carbons (Fsp3) is 0.895. The van der Waals surface area contributed by atoms with E-state index in [-0.39, 0.29) is 12.8 Å². The molecule has 1 aliphatic carbocycles. The van der Waals surface area contributed by atoms with Crippen LogP contribution < -0.4 is 0 Å². The molecule has 5 saturated heterocycles. The van der Waals surface area contributed by atoms with Crippen LogP contribution in [-0.2, 0) is 80.0 Å². The van der Waals surface area contributed by atoms with Gasteiger partial charge in [-0.2, -0.15) is 0 Å². The number of aliphatic hydroxyl groups is 20. The number of aliphatic hydroxyl groups excluding tert-OH is 20. The minimum atomic E-state index is -5.87. The molecule has 0 amide bonds. The normalized spacial score (nSPS) is 37.7. The lowest BCUT2D eigenvalue weighted by molar-refractivity contribution is -0.365. The van der Waals surface area contributed by atoms with Gasteiger partial charge in [0.25, 0.3) is 0 Å². The van der Waals surface area contributed by atoms with Gasteiger partial charge in [-0.1, -0.05) is 140 Å². The Labute approximate surface area is 670 Å². The fourth-order valence-corrected chi connectivity index (χ4v) is 15.0. The number of allylic oxidation sites excluding steroid dienone is 6. The predicted molar refractivity (Wildman–Crippen MR) is 398 cm³/mol. The highest BCUT2D eigenvalue weighted by atomic mass is 31.2. The molecular formula is C76H133O38P. The summed E-state index contributed by atoms with van der Waals surface area (Å²) in [6, 6.07) is 0. The average Bonchev–Trinajstić information content (AvgIpc) is 0.759. The molecule has 5 aliphatic heterocycles. The Kier molecular flexibility index (Phi) is 46.7. The predicted octanol–water partition coefficient (Wildman–Crippen LogP) is -1.88. The van der Waals surface area contributed by atoms with Gasteiger partial charge in [-0.05, 0) is 70.6 Å². The fourth-order valence-electron chi connectivity index (χ4n) is 14.0. The van der Waals surface area contributed by atoms with Gasteiger partial charge in [0.1, 0.15) is 165 Å². The second kappa shape index (κ2) is 53.2. The van der Waals surface area contributed by atoms with Gasteiger partial charge in [-0.25, -0.2) is 4.57 Å². The maximum atomic E-state index is 14.5. The van der Waals surface area contributed by atoms with Crippen LogP contribution in [0.25, 0.3) is 0 Å². The van der Waals surface area contributed by atoms with E-state index in [1.165, 1.54) is 57.8 Å². The molecule has 5 heterocycles. The number of phosphoric ester groups is 1. The van der Waals surface area contributed by atoms with E-state index in [9.17, 15) is 121 Å². The number of esters is 2. The molecule has 38 nitrogen and oxygen atoms in total. The maximum absolute atomic E-state index is 14.5. The van der Waals surface area contributed by atoms with E-state index in [0.717, 1.165) is 77.0 Å². The van der Waals surface area contributed by atoms with Gasteiger partial charge in [0, 0.05) is 12.8 Å². The molecule has 670 valence electrons. The van der Waals surface area contributed by atoms with Crippen molar-refractivity contribution in [3.8, 4) is 0 Å². The summed E-state index contributed by atoms with van der Waals surface area (Å²) in [7, 11) is -5.87. The van der Waals surface area contributed by atoms with Crippen molar-refractivity contribution in [3.05, 3.63) is 36.5 Å². The van der Waals surface area contributed by atoms with Crippen molar-refractivity contribution in [2.75, 3.05) is 46.2 Å². The first kappa shape index (κ1) is 101. The van der Waals surface area contributed by atoms with Crippen molar-refractivity contribution < 1.29 is 187 Å². The minimum absolute atomic E-state index is 0.0400. The zero-order valence-electron chi connectivity index (χ0n) is 65.8. The summed E-state index contributed by atoms with van der Waals surface area (Å²) >= 11 is 0. The molecule has 1 saturated carbocycles. The van der Waals surface area contributed by atoms with E-state index in [0.29, 0.717) is 25.7 Å². The van der Waals surface area contributed by atoms with Crippen LogP contribution in [-0.4, -0.2) is 361 Å². The summed E-state index contributed by atoms with van der Waals surface area (Å²) in [5.74, 6) is -1.51. The third kappa shape index (κ3) is 32.0. The van der Waals surface area contributed by atoms with Crippen LogP contribution in [0.15, 0.2) is 36.5 Å². The van der Waals surface area contributed by atoms with Crippen molar-refractivity contribution >= 4 is 19.8 Å². The number of hydrogen-bond donors (Lipinski definition) is 21. The molecule has 33 atom stereocenters. The van der Waals surface area contributed by atoms with E-state index < -0.39 is 262 Å². The lowest BCUT2D eigenvalue weighted by Crippen LogP contribution is -2.69. The summed E-state index contributed by atoms with van der Waals surface area (Å²) in [6.45, 7) is -1.95. The summed E-state index contributed by atoms with van der Waals surface area (Å²) in [6.07, 6.45) is -29.3. The molecule has 6 fully saturated rings. The minimum Gasteiger partial charge on any atom is -0.462 e. The Balaban J connectivity index is 1.13. The van der Waals surface area contributed by atoms with Gasteiger partial charge < -0.3 is 164 Å². The first-order valence-electron chi connectivity index (χ1n) is 40.9. The number of unbranched alkanes of at least 4 members (excludes halogenated alkanes) is 20. The lowest BCUT2D eigenvalue weighted by Gasteiger charge is -2.49. The zero-order chi connectivity index (χ0) is 84.3. The first-order chi connectivity index (χ1) is 55.0. The Morgan fingerprint density at radius 1 is 0.348 bits per heavy atom. The topological polar surface area (TPSA) is 605 Å². The van der Waals surface area contributed by atoms with Crippen LogP contribution in [0.4, 0.5) is 0 Å². The third-order valence-corrected chi connectivity index (χ3v) is 22.2. The second-order valence-electron chi connectivity index (χ2n) is 30.4. The lowest BCUT2D eigenvalue weighted by atomic mass is 9.84. The molecule has 115 heavy (non-hydrogen) atoms. The molecule has 6 rings (SSSR count). The van der Waals surface area contributed by atoms with Crippen molar-refractivity contribution in [1.29, 1.82) is 0 Å². The average molecular weight is 1690 g/mol. The molecule has 0 radical (unpaired) electrons. The number of phosphoric acid groups is 1. The molecular weight excluding hydrogens is 1550 g/mol. The van der Waals surface area contributed by atoms with E-state index in [2.05, 4.69) is 50.3 Å². The number of hydrogen-bond acceptors (Lipinski definition) is 37. The standard InChI is InChI=1S/C76H133O38P/c1-3-5-7-9-11-13-15-17-19-21-22-24-26-28-30-32-34-49(79)101-38-43(106-50(80)35-33-31-29-27-25-23-20-18-16-14-12-10-8-6-4-2)39-105-115(99,100)114-71-69(112-75-67(97)57(87)52(82)45(37-78)108-75)62(92)61(91)63(93)70(71)113-76-68(98)60(90)55(85)48(111-76)42-104-74-66(96)59(89)54(84)47(110-74)41-103-73-65(95)58(88)53(83)46(109-73)40-102-72-64(94)56(86)51(81)44(36-77)107-72/h13,15,18-21,43-48,51-78,81-98H,3-12,14,16-17,22-42H2,1-2H3,(H,99,100)/b15-13-,20-18-,21-19-/t43-,44?,45?,46?,47?,48?,51+,52-,53+,54+,55+,56?,57?,58?,59?,60?,61+,62?,63?,64+,65+,66+,67-,68+,69-,70?,71+,72-,73-,74-,75-,76+/m1/s1. The summed E-state index contributed by atoms with van der Waals surface area (Å²) < 4.78 is 92.9. The van der Waals surface area contributed by atoms with E-state index in [1.807, 2.05) is 0 Å². The van der Waals surface area contributed by atoms with Crippen LogP contribution in [0.3, 0.4) is 0 Å². The maximum Gasteiger partial charge on any atom is 0.472 e. The Morgan fingerprint density at radius 3 is 1.04 bits per heavy atom. The Morgan fingerprint density at radius 2 is 0.652 bits per heavy atom. The molecule has 0 aromatic heterocycles. The molecule has 39 heteroatoms. The largest absolute Gasteiger partial charge is 0.472 e. The molecule has 6 aliphatic rings. The molecule has 0 aromatic carbocycles. The van der Waals surface area contributed by atoms with Crippen molar-refractivity contribution in [2.24, 2.45) is 0 Å². The SMILES string of the molecule is CCCCCC/C=C\C/C=C\CCCCCCCC(=O)OC[C@H](COP(=O)(O)O[C@@H]1C(O[C@@H]2OC(CO[C@@H]3OC(CO[C@@H]4OC(CO[C@@H]5OC(CO)[C@H](O)C(O)[C@@H]5O)[C@H](O)C(O)[C@@H]4O)[C@H](O)C(O)[C@@H]3O)[C@H](O)C(O)[C@@H]2O)C(O)[C@@H](O)C(O)[C@H]1O[C@H]1OC(CO)[C@@H](O)C(O)[C@H]1O)OC(=O)CCCCCCC/C=C\CCCCCCCC. The van der Waals surface area contributed by atoms with Gasteiger partial charge in [0.2, 0.25) is 0 Å². The summed E-state index contributed by atoms with van der Waals surface area (Å²) in [5.41, 5.74) is 0. The van der Waals surface area contributed by atoms with Crippen LogP contribution in [0.1, 0.15) is 187 Å². The van der Waals surface area contributed by atoms with E-state index in [1.54, 1.807) is 0 Å². The van der Waals surface area contributed by atoms with Crippen molar-refractivity contribution in [3.63, 3.8) is 0 Å². The van der Waals surface area contributed by atoms with Crippen molar-refractivity contribution in [2.45, 2.75) is 383 Å². The molecule has 0 aromatic rings. The van der Waals surface area contributed by atoms with Gasteiger partial charge in [0.05, 0.1) is 39.6 Å². The van der Waals surface area contributed by atoms with Crippen LogP contribution in [0, 0.1) is 0 Å². The highest BCUT2D eigenvalue weighted by Gasteiger charge is 2.59. The molecule has 21 N–H and O–H groups in total. The quantitative estimate of drug-likeness (QED) is 0.0137. The number of carbonyl (C=O) groups is 2. The van der Waals surface area contributed by atoms with Gasteiger partial charge in [-0.3, -0.25) is 18.6 Å². The first-order valence-corrected chi connectivity index (χ1v) is 42.4. The summed E-state index contributed by atoms with van der Waals surface area (Å²) in [4.78, 5) is 38.4. The highest BCUT2D eigenvalue weighted by Crippen LogP contribution is 2.49. The Bertz CT molecular complexity index is 2800. The monoisotopic (exact) mass is 1680 g/mol. The Hall–Kier alpha value is -2.93. The second-order valence-corrected chi connectivity index (χ2v) is 31.8. The smallest absolute Gasteiger partial charge is 0.462 e. The van der Waals surface area contributed by atoms with Gasteiger partial charge >= 0.3 is 19.8 Å². The number of carbonyl (C=O) groups excluding carboxylic acids is 2. The number of ether oxygens (including phenoxy) is 12. The molecule has 14 unspecified atom stereocenters. The van der Waals surface area contributed by atoms with Crippen molar-refractivity contribution in [1.82, 2.24) is 0 Å². The highest BCUT2D eigenvalue weighted by molar-refractivity contribution is 7.47. The number of rotatable bonds is 53.